The highest BCUT2D eigenvalue weighted by atomic mass is 16.1. The molecule has 0 aliphatic carbocycles. The highest BCUT2D eigenvalue weighted by molar-refractivity contribution is 5.85. The van der Waals surface area contributed by atoms with Gasteiger partial charge in [-0.25, -0.2) is 9.97 Å². The molecule has 1 unspecified atom stereocenters. The molecule has 3 N–H and O–H groups in total. The maximum Gasteiger partial charge on any atom is 0.237 e. The van der Waals surface area contributed by atoms with E-state index in [1.165, 1.54) is 11.3 Å². The minimum Gasteiger partial charge on any atom is -0.368 e. The van der Waals surface area contributed by atoms with E-state index in [1.807, 2.05) is 48.4 Å². The summed E-state index contributed by atoms with van der Waals surface area (Å²) in [5, 5.41) is 1.14. The SMILES string of the molecule is Cn1ccnc1C1c2nc[nH]c2CCN1Cc1cn(CC(N)=O)c2ccccc12. The van der Waals surface area contributed by atoms with Crippen molar-refractivity contribution >= 4 is 16.8 Å². The zero-order chi connectivity index (χ0) is 20.0. The molecule has 0 saturated heterocycles. The third-order valence-corrected chi connectivity index (χ3v) is 5.70. The van der Waals surface area contributed by atoms with E-state index in [9.17, 15) is 4.79 Å². The van der Waals surface area contributed by atoms with Crippen molar-refractivity contribution in [2.75, 3.05) is 6.54 Å². The van der Waals surface area contributed by atoms with Crippen LogP contribution in [0.1, 0.15) is 28.8 Å². The summed E-state index contributed by atoms with van der Waals surface area (Å²) in [5.74, 6) is 0.626. The molecular formula is C21H23N7O. The number of aryl methyl sites for hydroxylation is 1. The lowest BCUT2D eigenvalue weighted by Crippen LogP contribution is -2.37. The summed E-state index contributed by atoms with van der Waals surface area (Å²) in [6.07, 6.45) is 8.52. The normalized spacial score (nSPS) is 16.9. The van der Waals surface area contributed by atoms with Crippen molar-refractivity contribution in [3.8, 4) is 0 Å². The van der Waals surface area contributed by atoms with Crippen LogP contribution in [0, 0.1) is 0 Å². The maximum absolute atomic E-state index is 11.5. The summed E-state index contributed by atoms with van der Waals surface area (Å²) in [4.78, 5) is 26.5. The van der Waals surface area contributed by atoms with Crippen molar-refractivity contribution in [2.24, 2.45) is 12.8 Å². The third kappa shape index (κ3) is 3.01. The average molecular weight is 389 g/mol. The van der Waals surface area contributed by atoms with Crippen LogP contribution in [0.25, 0.3) is 10.9 Å². The molecule has 0 bridgehead atoms. The zero-order valence-corrected chi connectivity index (χ0v) is 16.2. The fourth-order valence-corrected chi connectivity index (χ4v) is 4.39. The Hall–Kier alpha value is -3.39. The molecule has 8 heteroatoms. The highest BCUT2D eigenvalue weighted by Gasteiger charge is 2.34. The summed E-state index contributed by atoms with van der Waals surface area (Å²) in [6.45, 7) is 1.80. The minimum atomic E-state index is -0.345. The Balaban J connectivity index is 1.56. The molecule has 1 amide bonds. The summed E-state index contributed by atoms with van der Waals surface area (Å²) in [7, 11) is 2.01. The second kappa shape index (κ2) is 6.89. The molecular weight excluding hydrogens is 366 g/mol. The average Bonchev–Trinajstić information content (AvgIpc) is 3.42. The van der Waals surface area contributed by atoms with E-state index >= 15 is 0 Å². The maximum atomic E-state index is 11.5. The molecule has 4 heterocycles. The van der Waals surface area contributed by atoms with Crippen molar-refractivity contribution in [1.82, 2.24) is 29.0 Å². The van der Waals surface area contributed by atoms with Crippen molar-refractivity contribution in [2.45, 2.75) is 25.6 Å². The number of hydrogen-bond acceptors (Lipinski definition) is 4. The Morgan fingerprint density at radius 1 is 1.31 bits per heavy atom. The van der Waals surface area contributed by atoms with Gasteiger partial charge in [-0.3, -0.25) is 9.69 Å². The van der Waals surface area contributed by atoms with Gasteiger partial charge in [-0.2, -0.15) is 0 Å². The number of rotatable bonds is 5. The van der Waals surface area contributed by atoms with Crippen LogP contribution in [-0.4, -0.2) is 41.4 Å². The van der Waals surface area contributed by atoms with Gasteiger partial charge in [-0.15, -0.1) is 0 Å². The number of aromatic nitrogens is 5. The lowest BCUT2D eigenvalue weighted by molar-refractivity contribution is -0.118. The predicted molar refractivity (Wildman–Crippen MR) is 109 cm³/mol. The molecule has 4 aromatic rings. The number of carbonyl (C=O) groups excluding carboxylic acids is 1. The molecule has 5 rings (SSSR count). The Labute approximate surface area is 168 Å². The molecule has 148 valence electrons. The number of imidazole rings is 2. The fourth-order valence-electron chi connectivity index (χ4n) is 4.39. The first-order chi connectivity index (χ1) is 14.1. The fraction of sp³-hybridized carbons (Fsp3) is 0.286. The number of nitrogens with one attached hydrogen (secondary N) is 1. The van der Waals surface area contributed by atoms with E-state index in [0.29, 0.717) is 0 Å². The number of hydrogen-bond donors (Lipinski definition) is 2. The molecule has 8 nitrogen and oxygen atoms in total. The van der Waals surface area contributed by atoms with E-state index in [1.54, 1.807) is 6.33 Å². The Morgan fingerprint density at radius 2 is 2.17 bits per heavy atom. The number of nitrogens with two attached hydrogens (primary N) is 1. The van der Waals surface area contributed by atoms with Crippen LogP contribution >= 0.6 is 0 Å². The highest BCUT2D eigenvalue weighted by Crippen LogP contribution is 2.34. The molecule has 1 atom stereocenters. The zero-order valence-electron chi connectivity index (χ0n) is 16.2. The number of carbonyl (C=O) groups is 1. The monoisotopic (exact) mass is 389 g/mol. The standard InChI is InChI=1S/C21H23N7O/c1-26-9-7-23-21(26)20-19-16(24-13-25-19)6-8-27(20)10-14-11-28(12-18(22)29)17-5-3-2-4-15(14)17/h2-5,7,9,11,13,20H,6,8,10,12H2,1H3,(H2,22,29)(H,24,25). The summed E-state index contributed by atoms with van der Waals surface area (Å²) >= 11 is 0. The molecule has 29 heavy (non-hydrogen) atoms. The lowest BCUT2D eigenvalue weighted by Gasteiger charge is -2.34. The van der Waals surface area contributed by atoms with Crippen LogP contribution in [0.2, 0.25) is 0 Å². The lowest BCUT2D eigenvalue weighted by atomic mass is 10.0. The Morgan fingerprint density at radius 3 is 2.97 bits per heavy atom. The van der Waals surface area contributed by atoms with E-state index in [-0.39, 0.29) is 18.5 Å². The van der Waals surface area contributed by atoms with Crippen molar-refractivity contribution < 1.29 is 4.79 Å². The topological polar surface area (TPSA) is 97.8 Å². The molecule has 0 saturated carbocycles. The molecule has 1 aliphatic heterocycles. The van der Waals surface area contributed by atoms with Crippen LogP contribution in [-0.2, 0) is 31.4 Å². The van der Waals surface area contributed by atoms with Gasteiger partial charge in [0.2, 0.25) is 5.91 Å². The first kappa shape index (κ1) is 17.7. The van der Waals surface area contributed by atoms with Crippen LogP contribution in [0.3, 0.4) is 0 Å². The molecule has 3 aromatic heterocycles. The minimum absolute atomic E-state index is 0.0248. The van der Waals surface area contributed by atoms with Crippen LogP contribution in [0.15, 0.2) is 49.2 Å². The van der Waals surface area contributed by atoms with E-state index < -0.39 is 0 Å². The number of aromatic amines is 1. The van der Waals surface area contributed by atoms with Gasteiger partial charge in [-0.05, 0) is 11.6 Å². The second-order valence-corrected chi connectivity index (χ2v) is 7.55. The van der Waals surface area contributed by atoms with E-state index in [0.717, 1.165) is 41.9 Å². The van der Waals surface area contributed by atoms with Crippen molar-refractivity contribution in [3.63, 3.8) is 0 Å². The molecule has 0 radical (unpaired) electrons. The number of nitrogens with zero attached hydrogens (tertiary/aromatic N) is 5. The Bertz CT molecular complexity index is 1180. The number of fused-ring (bicyclic) bond motifs is 2. The quantitative estimate of drug-likeness (QED) is 0.543. The van der Waals surface area contributed by atoms with E-state index in [4.69, 9.17) is 5.73 Å². The number of benzene rings is 1. The molecule has 0 fully saturated rings. The van der Waals surface area contributed by atoms with Gasteiger partial charge in [-0.1, -0.05) is 18.2 Å². The first-order valence-corrected chi connectivity index (χ1v) is 9.70. The number of para-hydroxylation sites is 1. The van der Waals surface area contributed by atoms with Crippen LogP contribution in [0.5, 0.6) is 0 Å². The number of amides is 1. The first-order valence-electron chi connectivity index (χ1n) is 9.70. The summed E-state index contributed by atoms with van der Waals surface area (Å²) in [5.41, 5.74) is 9.85. The van der Waals surface area contributed by atoms with Gasteiger partial charge in [0.1, 0.15) is 18.4 Å². The number of H-pyrrole nitrogens is 1. The van der Waals surface area contributed by atoms with E-state index in [2.05, 4.69) is 30.5 Å². The smallest absolute Gasteiger partial charge is 0.237 e. The van der Waals surface area contributed by atoms with Gasteiger partial charge in [0, 0.05) is 61.7 Å². The molecule has 0 spiro atoms. The van der Waals surface area contributed by atoms with Gasteiger partial charge >= 0.3 is 0 Å². The van der Waals surface area contributed by atoms with Crippen LogP contribution < -0.4 is 5.73 Å². The summed E-state index contributed by atoms with van der Waals surface area (Å²) in [6, 6.07) is 8.11. The molecule has 1 aromatic carbocycles. The molecule has 1 aliphatic rings. The van der Waals surface area contributed by atoms with Gasteiger partial charge < -0.3 is 19.9 Å². The predicted octanol–water partition coefficient (Wildman–Crippen LogP) is 1.73. The van der Waals surface area contributed by atoms with Crippen molar-refractivity contribution in [3.05, 3.63) is 72.0 Å². The van der Waals surface area contributed by atoms with Gasteiger partial charge in [0.05, 0.1) is 12.0 Å². The summed E-state index contributed by atoms with van der Waals surface area (Å²) < 4.78 is 3.99. The second-order valence-electron chi connectivity index (χ2n) is 7.55. The van der Waals surface area contributed by atoms with Gasteiger partial charge in [0.25, 0.3) is 0 Å². The largest absolute Gasteiger partial charge is 0.368 e. The van der Waals surface area contributed by atoms with Gasteiger partial charge in [0.15, 0.2) is 0 Å². The number of primary amides is 1. The Kier molecular flexibility index (Phi) is 4.21. The van der Waals surface area contributed by atoms with Crippen LogP contribution in [0.4, 0.5) is 0 Å². The van der Waals surface area contributed by atoms with Crippen molar-refractivity contribution in [1.29, 1.82) is 0 Å². The third-order valence-electron chi connectivity index (χ3n) is 5.70.